The van der Waals surface area contributed by atoms with Gasteiger partial charge in [-0.2, -0.15) is 0 Å². The number of nitrogens with one attached hydrogen (secondary N) is 1. The highest BCUT2D eigenvalue weighted by atomic mass is 19.1. The van der Waals surface area contributed by atoms with Crippen LogP contribution in [0.2, 0.25) is 0 Å². The van der Waals surface area contributed by atoms with E-state index in [-0.39, 0.29) is 24.4 Å². The second-order valence-electron chi connectivity index (χ2n) is 4.02. The van der Waals surface area contributed by atoms with Crippen molar-refractivity contribution in [3.63, 3.8) is 0 Å². The summed E-state index contributed by atoms with van der Waals surface area (Å²) in [5.41, 5.74) is 0.0957. The van der Waals surface area contributed by atoms with Crippen LogP contribution in [0, 0.1) is 5.82 Å². The molecule has 0 aliphatic rings. The van der Waals surface area contributed by atoms with Gasteiger partial charge in [-0.1, -0.05) is 18.2 Å². The molecule has 0 saturated carbocycles. The van der Waals surface area contributed by atoms with Crippen LogP contribution in [-0.2, 0) is 17.6 Å². The molecule has 0 aliphatic carbocycles. The predicted octanol–water partition coefficient (Wildman–Crippen LogP) is 1.13. The van der Waals surface area contributed by atoms with Crippen LogP contribution in [0.3, 0.4) is 0 Å². The molecule has 0 amide bonds. The van der Waals surface area contributed by atoms with E-state index < -0.39 is 17.3 Å². The molecule has 6 heteroatoms. The molecule has 98 valence electrons. The number of benzene rings is 1. The van der Waals surface area contributed by atoms with E-state index in [9.17, 15) is 14.0 Å². The van der Waals surface area contributed by atoms with Crippen LogP contribution in [0.1, 0.15) is 17.1 Å². The van der Waals surface area contributed by atoms with Gasteiger partial charge in [-0.05, 0) is 11.6 Å². The number of halogens is 1. The summed E-state index contributed by atoms with van der Waals surface area (Å²) in [7, 11) is 0. The smallest absolute Gasteiger partial charge is 0.309 e. The summed E-state index contributed by atoms with van der Waals surface area (Å²) in [6, 6.07) is 7.26. The summed E-state index contributed by atoms with van der Waals surface area (Å²) in [6.45, 7) is 0. The van der Waals surface area contributed by atoms with Crippen molar-refractivity contribution in [2.24, 2.45) is 0 Å². The number of carboxylic acid groups (broad SMARTS) is 1. The average Bonchev–Trinajstić information content (AvgIpc) is 2.30. The first-order chi connectivity index (χ1) is 9.04. The first-order valence-electron chi connectivity index (χ1n) is 5.59. The first-order valence-corrected chi connectivity index (χ1v) is 5.59. The standard InChI is InChI=1S/C13H11FN2O3/c14-10-4-2-1-3-8(10)5-11-15-9(7-13(18)19)6-12(17)16-11/h1-4,6H,5,7H2,(H,18,19)(H,15,16,17). The van der Waals surface area contributed by atoms with Gasteiger partial charge in [-0.3, -0.25) is 9.59 Å². The summed E-state index contributed by atoms with van der Waals surface area (Å²) in [5, 5.41) is 8.67. The van der Waals surface area contributed by atoms with Gasteiger partial charge >= 0.3 is 5.97 Å². The highest BCUT2D eigenvalue weighted by Gasteiger charge is 2.08. The third-order valence-electron chi connectivity index (χ3n) is 2.49. The number of aromatic nitrogens is 2. The zero-order chi connectivity index (χ0) is 13.8. The van der Waals surface area contributed by atoms with Gasteiger partial charge in [0.25, 0.3) is 5.56 Å². The molecule has 19 heavy (non-hydrogen) atoms. The predicted molar refractivity (Wildman–Crippen MR) is 65.4 cm³/mol. The van der Waals surface area contributed by atoms with E-state index in [1.54, 1.807) is 18.2 Å². The fraction of sp³-hybridized carbons (Fsp3) is 0.154. The Bertz CT molecular complexity index is 667. The van der Waals surface area contributed by atoms with Crippen molar-refractivity contribution < 1.29 is 14.3 Å². The molecule has 0 radical (unpaired) electrons. The number of aromatic amines is 1. The second-order valence-corrected chi connectivity index (χ2v) is 4.02. The molecule has 2 aromatic rings. The van der Waals surface area contributed by atoms with Crippen LogP contribution in [0.25, 0.3) is 0 Å². The Labute approximate surface area is 107 Å². The molecule has 0 atom stereocenters. The molecule has 0 bridgehead atoms. The lowest BCUT2D eigenvalue weighted by Crippen LogP contribution is -2.15. The molecular formula is C13H11FN2O3. The van der Waals surface area contributed by atoms with Crippen LogP contribution in [0.4, 0.5) is 4.39 Å². The van der Waals surface area contributed by atoms with Gasteiger partial charge in [-0.25, -0.2) is 9.37 Å². The SMILES string of the molecule is O=C(O)Cc1cc(=O)[nH]c(Cc2ccccc2F)n1. The Morgan fingerprint density at radius 3 is 2.79 bits per heavy atom. The molecule has 1 aromatic heterocycles. The monoisotopic (exact) mass is 262 g/mol. The van der Waals surface area contributed by atoms with Crippen LogP contribution in [0.15, 0.2) is 35.1 Å². The van der Waals surface area contributed by atoms with Gasteiger partial charge in [0.15, 0.2) is 0 Å². The van der Waals surface area contributed by atoms with Crippen LogP contribution >= 0.6 is 0 Å². The van der Waals surface area contributed by atoms with Crippen LogP contribution in [0.5, 0.6) is 0 Å². The lowest BCUT2D eigenvalue weighted by Gasteiger charge is -2.04. The van der Waals surface area contributed by atoms with Gasteiger partial charge < -0.3 is 10.1 Å². The summed E-state index contributed by atoms with van der Waals surface area (Å²) < 4.78 is 13.5. The van der Waals surface area contributed by atoms with E-state index in [2.05, 4.69) is 9.97 Å². The molecule has 0 spiro atoms. The van der Waals surface area contributed by atoms with Crippen LogP contribution in [-0.4, -0.2) is 21.0 Å². The Morgan fingerprint density at radius 1 is 1.37 bits per heavy atom. The van der Waals surface area contributed by atoms with E-state index in [0.29, 0.717) is 5.56 Å². The van der Waals surface area contributed by atoms with E-state index >= 15 is 0 Å². The minimum Gasteiger partial charge on any atom is -0.481 e. The van der Waals surface area contributed by atoms with Crippen LogP contribution < -0.4 is 5.56 Å². The molecule has 0 fully saturated rings. The van der Waals surface area contributed by atoms with Gasteiger partial charge in [0.05, 0.1) is 12.1 Å². The highest BCUT2D eigenvalue weighted by molar-refractivity contribution is 5.69. The van der Waals surface area contributed by atoms with E-state index in [0.717, 1.165) is 6.07 Å². The molecule has 2 rings (SSSR count). The molecule has 1 heterocycles. The highest BCUT2D eigenvalue weighted by Crippen LogP contribution is 2.10. The third kappa shape index (κ3) is 3.48. The van der Waals surface area contributed by atoms with E-state index in [1.165, 1.54) is 6.07 Å². The summed E-state index contributed by atoms with van der Waals surface area (Å²) in [6.07, 6.45) is -0.233. The molecule has 2 N–H and O–H groups in total. The lowest BCUT2D eigenvalue weighted by molar-refractivity contribution is -0.136. The Balaban J connectivity index is 2.30. The van der Waals surface area contributed by atoms with Crippen molar-refractivity contribution in [2.45, 2.75) is 12.8 Å². The topological polar surface area (TPSA) is 83.0 Å². The van der Waals surface area contributed by atoms with Crippen molar-refractivity contribution in [1.82, 2.24) is 9.97 Å². The van der Waals surface area contributed by atoms with Gasteiger partial charge in [-0.15, -0.1) is 0 Å². The molecule has 0 unspecified atom stereocenters. The Morgan fingerprint density at radius 2 is 2.11 bits per heavy atom. The molecule has 0 saturated heterocycles. The minimum absolute atomic E-state index is 0.107. The van der Waals surface area contributed by atoms with Crippen molar-refractivity contribution in [3.05, 3.63) is 63.6 Å². The summed E-state index contributed by atoms with van der Waals surface area (Å²) >= 11 is 0. The van der Waals surface area contributed by atoms with E-state index in [1.807, 2.05) is 0 Å². The fourth-order valence-corrected chi connectivity index (χ4v) is 1.71. The normalized spacial score (nSPS) is 10.4. The maximum atomic E-state index is 13.5. The number of aliphatic carboxylic acids is 1. The summed E-state index contributed by atoms with van der Waals surface area (Å²) in [4.78, 5) is 28.5. The average molecular weight is 262 g/mol. The zero-order valence-corrected chi connectivity index (χ0v) is 9.89. The number of carboxylic acids is 1. The van der Waals surface area contributed by atoms with Crippen molar-refractivity contribution in [3.8, 4) is 0 Å². The second kappa shape index (κ2) is 5.43. The number of carbonyl (C=O) groups is 1. The van der Waals surface area contributed by atoms with E-state index in [4.69, 9.17) is 5.11 Å². The fourth-order valence-electron chi connectivity index (χ4n) is 1.71. The maximum Gasteiger partial charge on any atom is 0.309 e. The number of H-pyrrole nitrogens is 1. The largest absolute Gasteiger partial charge is 0.481 e. The van der Waals surface area contributed by atoms with Gasteiger partial charge in [0, 0.05) is 12.5 Å². The number of hydrogen-bond donors (Lipinski definition) is 2. The maximum absolute atomic E-state index is 13.5. The summed E-state index contributed by atoms with van der Waals surface area (Å²) in [5.74, 6) is -1.22. The van der Waals surface area contributed by atoms with Gasteiger partial charge in [0.1, 0.15) is 11.6 Å². The molecule has 0 aliphatic heterocycles. The minimum atomic E-state index is -1.07. The Kier molecular flexibility index (Phi) is 3.70. The van der Waals surface area contributed by atoms with Crippen molar-refractivity contribution in [1.29, 1.82) is 0 Å². The molecular weight excluding hydrogens is 251 g/mol. The number of nitrogens with zero attached hydrogens (tertiary/aromatic N) is 1. The Hall–Kier alpha value is -2.50. The zero-order valence-electron chi connectivity index (χ0n) is 9.89. The first kappa shape index (κ1) is 12.9. The lowest BCUT2D eigenvalue weighted by atomic mass is 10.1. The third-order valence-corrected chi connectivity index (χ3v) is 2.49. The number of hydrogen-bond acceptors (Lipinski definition) is 3. The quantitative estimate of drug-likeness (QED) is 0.865. The molecule has 5 nitrogen and oxygen atoms in total. The number of rotatable bonds is 4. The van der Waals surface area contributed by atoms with Crippen molar-refractivity contribution >= 4 is 5.97 Å². The molecule has 1 aromatic carbocycles. The van der Waals surface area contributed by atoms with Gasteiger partial charge in [0.2, 0.25) is 0 Å². The van der Waals surface area contributed by atoms with Crippen molar-refractivity contribution in [2.75, 3.05) is 0 Å².